The molecule has 1 atom stereocenters. The molecular weight excluding hydrogens is 464 g/mol. The lowest BCUT2D eigenvalue weighted by Gasteiger charge is -2.18. The molecule has 5 nitrogen and oxygen atoms in total. The fourth-order valence-electron chi connectivity index (χ4n) is 3.91. The van der Waals surface area contributed by atoms with E-state index in [1.54, 1.807) is 0 Å². The van der Waals surface area contributed by atoms with E-state index in [0.717, 1.165) is 95.5 Å². The van der Waals surface area contributed by atoms with E-state index in [0.29, 0.717) is 19.4 Å². The first-order valence-electron chi connectivity index (χ1n) is 14.0. The Bertz CT molecular complexity index is 790. The van der Waals surface area contributed by atoms with Gasteiger partial charge < -0.3 is 14.2 Å². The number of ether oxygens (including phenoxy) is 3. The molecule has 0 spiro atoms. The van der Waals surface area contributed by atoms with Crippen molar-refractivity contribution in [1.29, 1.82) is 0 Å². The summed E-state index contributed by atoms with van der Waals surface area (Å²) >= 11 is 0. The smallest absolute Gasteiger partial charge is 0.306 e. The fraction of sp³-hybridized carbons (Fsp3) is 0.625. The molecule has 0 aliphatic rings. The Kier molecular flexibility index (Phi) is 20.6. The molecule has 0 radical (unpaired) electrons. The van der Waals surface area contributed by atoms with Crippen LogP contribution in [-0.4, -0.2) is 31.3 Å². The molecule has 1 aromatic carbocycles. The van der Waals surface area contributed by atoms with Crippen molar-refractivity contribution in [3.8, 4) is 24.7 Å². The summed E-state index contributed by atoms with van der Waals surface area (Å²) in [5.41, 5.74) is 1.03. The van der Waals surface area contributed by atoms with Gasteiger partial charge >= 0.3 is 11.9 Å². The molecule has 0 heterocycles. The van der Waals surface area contributed by atoms with Gasteiger partial charge in [0.25, 0.3) is 0 Å². The molecule has 1 rings (SSSR count). The van der Waals surface area contributed by atoms with Gasteiger partial charge in [-0.3, -0.25) is 9.59 Å². The number of rotatable bonds is 23. The van der Waals surface area contributed by atoms with E-state index in [1.807, 2.05) is 30.3 Å². The van der Waals surface area contributed by atoms with Gasteiger partial charge in [-0.25, -0.2) is 0 Å². The third kappa shape index (κ3) is 20.0. The van der Waals surface area contributed by atoms with Crippen molar-refractivity contribution in [2.24, 2.45) is 0 Å². The lowest BCUT2D eigenvalue weighted by atomic mass is 10.1. The number of carbonyl (C=O) groups is 2. The standard InChI is InChI=1S/C32H46O5/c1-3-5-7-9-11-13-15-20-24-31(33)36-28-30(27-35-26-29-22-18-17-19-23-29)37-32(34)25-21-16-14-12-10-8-6-4-2/h1-2,17-19,22-23,30H,5-16,20-21,24-28H2. The highest BCUT2D eigenvalue weighted by Gasteiger charge is 2.17. The lowest BCUT2D eigenvalue weighted by molar-refractivity contribution is -0.163. The second-order valence-electron chi connectivity index (χ2n) is 9.45. The van der Waals surface area contributed by atoms with Crippen LogP contribution >= 0.6 is 0 Å². The van der Waals surface area contributed by atoms with Gasteiger partial charge in [0.15, 0.2) is 6.10 Å². The number of hydrogen-bond donors (Lipinski definition) is 0. The van der Waals surface area contributed by atoms with Crippen molar-refractivity contribution in [3.63, 3.8) is 0 Å². The van der Waals surface area contributed by atoms with Crippen LogP contribution in [0, 0.1) is 24.7 Å². The molecule has 0 aliphatic carbocycles. The molecular formula is C32H46O5. The molecule has 0 aromatic heterocycles. The topological polar surface area (TPSA) is 61.8 Å². The third-order valence-electron chi connectivity index (χ3n) is 6.05. The zero-order chi connectivity index (χ0) is 26.8. The highest BCUT2D eigenvalue weighted by molar-refractivity contribution is 5.70. The molecule has 0 aliphatic heterocycles. The molecule has 0 fully saturated rings. The van der Waals surface area contributed by atoms with Gasteiger partial charge in [-0.2, -0.15) is 0 Å². The van der Waals surface area contributed by atoms with E-state index in [2.05, 4.69) is 11.8 Å². The number of carbonyl (C=O) groups excluding carboxylic acids is 2. The predicted octanol–water partition coefficient (Wildman–Crippen LogP) is 7.17. The van der Waals surface area contributed by atoms with Crippen LogP contribution in [0.3, 0.4) is 0 Å². The average Bonchev–Trinajstić information content (AvgIpc) is 2.90. The van der Waals surface area contributed by atoms with Crippen LogP contribution in [0.1, 0.15) is 108 Å². The lowest BCUT2D eigenvalue weighted by Crippen LogP contribution is -2.29. The van der Waals surface area contributed by atoms with Crippen LogP contribution in [0.15, 0.2) is 30.3 Å². The summed E-state index contributed by atoms with van der Waals surface area (Å²) in [5.74, 6) is 4.78. The molecule has 0 saturated heterocycles. The van der Waals surface area contributed by atoms with Gasteiger partial charge in [-0.1, -0.05) is 81.7 Å². The summed E-state index contributed by atoms with van der Waals surface area (Å²) in [6.07, 6.45) is 24.7. The van der Waals surface area contributed by atoms with Crippen molar-refractivity contribution in [2.75, 3.05) is 13.2 Å². The molecule has 1 unspecified atom stereocenters. The number of benzene rings is 1. The van der Waals surface area contributed by atoms with Crippen LogP contribution in [0.4, 0.5) is 0 Å². The highest BCUT2D eigenvalue weighted by atomic mass is 16.6. The molecule has 0 saturated carbocycles. The second kappa shape index (κ2) is 23.6. The normalized spacial score (nSPS) is 11.3. The van der Waals surface area contributed by atoms with Crippen LogP contribution < -0.4 is 0 Å². The van der Waals surface area contributed by atoms with E-state index in [1.165, 1.54) is 0 Å². The fourth-order valence-corrected chi connectivity index (χ4v) is 3.91. The maximum Gasteiger partial charge on any atom is 0.306 e. The first-order valence-corrected chi connectivity index (χ1v) is 14.0. The van der Waals surface area contributed by atoms with Crippen molar-refractivity contribution < 1.29 is 23.8 Å². The molecule has 1 aromatic rings. The van der Waals surface area contributed by atoms with E-state index < -0.39 is 6.10 Å². The number of terminal acetylenes is 2. The summed E-state index contributed by atoms with van der Waals surface area (Å²) in [6.45, 7) is 0.602. The summed E-state index contributed by atoms with van der Waals surface area (Å²) in [7, 11) is 0. The second-order valence-corrected chi connectivity index (χ2v) is 9.45. The van der Waals surface area contributed by atoms with Gasteiger partial charge in [0.05, 0.1) is 13.2 Å². The first-order chi connectivity index (χ1) is 18.2. The minimum atomic E-state index is -0.611. The maximum atomic E-state index is 12.4. The minimum Gasteiger partial charge on any atom is -0.462 e. The summed E-state index contributed by atoms with van der Waals surface area (Å²) in [5, 5.41) is 0. The molecule has 37 heavy (non-hydrogen) atoms. The van der Waals surface area contributed by atoms with E-state index >= 15 is 0 Å². The third-order valence-corrected chi connectivity index (χ3v) is 6.05. The Morgan fingerprint density at radius 1 is 0.676 bits per heavy atom. The zero-order valence-electron chi connectivity index (χ0n) is 22.6. The maximum absolute atomic E-state index is 12.4. The molecule has 5 heteroatoms. The number of unbranched alkanes of at least 4 members (excludes halogenated alkanes) is 12. The van der Waals surface area contributed by atoms with Gasteiger partial charge in [0.2, 0.25) is 0 Å². The largest absolute Gasteiger partial charge is 0.462 e. The quantitative estimate of drug-likeness (QED) is 0.0887. The van der Waals surface area contributed by atoms with Crippen LogP contribution in [0.25, 0.3) is 0 Å². The molecule has 204 valence electrons. The van der Waals surface area contributed by atoms with Crippen molar-refractivity contribution >= 4 is 11.9 Å². The zero-order valence-corrected chi connectivity index (χ0v) is 22.6. The SMILES string of the molecule is C#CCCCCCCCCC(=O)OCC(COCc1ccccc1)OC(=O)CCCCCCCCC#C. The molecule has 0 N–H and O–H groups in total. The Labute approximate surface area is 225 Å². The Morgan fingerprint density at radius 2 is 1.19 bits per heavy atom. The Morgan fingerprint density at radius 3 is 1.76 bits per heavy atom. The van der Waals surface area contributed by atoms with Crippen LogP contribution in [0.5, 0.6) is 0 Å². The van der Waals surface area contributed by atoms with Crippen LogP contribution in [0.2, 0.25) is 0 Å². The highest BCUT2D eigenvalue weighted by Crippen LogP contribution is 2.12. The summed E-state index contributed by atoms with van der Waals surface area (Å²) in [6, 6.07) is 9.80. The van der Waals surface area contributed by atoms with Gasteiger partial charge in [-0.05, 0) is 31.2 Å². The average molecular weight is 511 g/mol. The van der Waals surface area contributed by atoms with E-state index in [-0.39, 0.29) is 25.2 Å². The van der Waals surface area contributed by atoms with E-state index in [9.17, 15) is 9.59 Å². The monoisotopic (exact) mass is 510 g/mol. The van der Waals surface area contributed by atoms with Crippen molar-refractivity contribution in [1.82, 2.24) is 0 Å². The van der Waals surface area contributed by atoms with Crippen molar-refractivity contribution in [3.05, 3.63) is 35.9 Å². The Balaban J connectivity index is 2.31. The van der Waals surface area contributed by atoms with E-state index in [4.69, 9.17) is 27.1 Å². The van der Waals surface area contributed by atoms with Crippen molar-refractivity contribution in [2.45, 2.75) is 115 Å². The molecule has 0 bridgehead atoms. The summed E-state index contributed by atoms with van der Waals surface area (Å²) < 4.78 is 16.8. The number of hydrogen-bond acceptors (Lipinski definition) is 5. The van der Waals surface area contributed by atoms with Gasteiger partial charge in [0, 0.05) is 25.7 Å². The van der Waals surface area contributed by atoms with Gasteiger partial charge in [0.1, 0.15) is 6.61 Å². The van der Waals surface area contributed by atoms with Gasteiger partial charge in [-0.15, -0.1) is 24.7 Å². The predicted molar refractivity (Wildman–Crippen MR) is 148 cm³/mol. The summed E-state index contributed by atoms with van der Waals surface area (Å²) in [4.78, 5) is 24.6. The first kappa shape index (κ1) is 32.3. The minimum absolute atomic E-state index is 0.0145. The number of esters is 2. The van der Waals surface area contributed by atoms with Crippen LogP contribution in [-0.2, 0) is 30.4 Å². The molecule has 0 amide bonds. The Hall–Kier alpha value is -2.76.